The first-order chi connectivity index (χ1) is 9.19. The summed E-state index contributed by atoms with van der Waals surface area (Å²) < 4.78 is 4.89. The van der Waals surface area contributed by atoms with Gasteiger partial charge in [-0.25, -0.2) is 0 Å². The topological polar surface area (TPSA) is 50.1 Å². The van der Waals surface area contributed by atoms with E-state index in [-0.39, 0.29) is 11.7 Å². The number of fused-ring (bicyclic) bond motifs is 1. The number of thioether (sulfide) groups is 1. The Hall–Kier alpha value is -1.99. The van der Waals surface area contributed by atoms with E-state index in [4.69, 9.17) is 10.00 Å². The van der Waals surface area contributed by atoms with Crippen LogP contribution in [0.2, 0.25) is 0 Å². The Morgan fingerprint density at radius 2 is 2.05 bits per heavy atom. The minimum Gasteiger partial charge on any atom is -0.447 e. The molecule has 0 unspecified atom stereocenters. The molecule has 0 bridgehead atoms. The third kappa shape index (κ3) is 3.73. The second-order valence-corrected chi connectivity index (χ2v) is 5.11. The molecule has 0 aliphatic carbocycles. The Labute approximate surface area is 116 Å². The highest BCUT2D eigenvalue weighted by Crippen LogP contribution is 2.23. The van der Waals surface area contributed by atoms with Gasteiger partial charge in [0.1, 0.15) is 6.07 Å². The van der Waals surface area contributed by atoms with Gasteiger partial charge in [0.2, 0.25) is 0 Å². The molecule has 0 saturated heterocycles. The van der Waals surface area contributed by atoms with Crippen molar-refractivity contribution in [3.05, 3.63) is 42.5 Å². The van der Waals surface area contributed by atoms with Crippen LogP contribution >= 0.6 is 11.8 Å². The Kier molecular flexibility index (Phi) is 4.43. The Bertz CT molecular complexity index is 633. The van der Waals surface area contributed by atoms with Crippen LogP contribution in [0.1, 0.15) is 6.92 Å². The molecule has 0 fully saturated rings. The molecule has 0 N–H and O–H groups in total. The van der Waals surface area contributed by atoms with Crippen molar-refractivity contribution < 1.29 is 9.53 Å². The van der Waals surface area contributed by atoms with Crippen LogP contribution in [0.4, 0.5) is 0 Å². The van der Waals surface area contributed by atoms with Crippen molar-refractivity contribution in [2.24, 2.45) is 0 Å². The minimum atomic E-state index is -0.690. The van der Waals surface area contributed by atoms with E-state index in [1.165, 1.54) is 17.1 Å². The summed E-state index contributed by atoms with van der Waals surface area (Å²) in [4.78, 5) is 12.5. The van der Waals surface area contributed by atoms with Gasteiger partial charge >= 0.3 is 5.97 Å². The first-order valence-corrected chi connectivity index (χ1v) is 6.88. The van der Waals surface area contributed by atoms with E-state index in [0.29, 0.717) is 0 Å². The van der Waals surface area contributed by atoms with Gasteiger partial charge in [0.05, 0.1) is 5.75 Å². The quantitative estimate of drug-likeness (QED) is 0.632. The monoisotopic (exact) mass is 271 g/mol. The van der Waals surface area contributed by atoms with E-state index < -0.39 is 6.10 Å². The van der Waals surface area contributed by atoms with E-state index in [0.717, 1.165) is 10.3 Å². The molecule has 1 atom stereocenters. The lowest BCUT2D eigenvalue weighted by molar-refractivity contribution is -0.142. The molecule has 4 heteroatoms. The van der Waals surface area contributed by atoms with Crippen molar-refractivity contribution in [1.29, 1.82) is 5.26 Å². The molecule has 19 heavy (non-hydrogen) atoms. The number of nitriles is 1. The molecule has 0 heterocycles. The minimum absolute atomic E-state index is 0.213. The molecule has 0 aromatic heterocycles. The van der Waals surface area contributed by atoms with Gasteiger partial charge in [-0.05, 0) is 29.8 Å². The number of nitrogens with zero attached hydrogens (tertiary/aromatic N) is 1. The van der Waals surface area contributed by atoms with Gasteiger partial charge in [-0.3, -0.25) is 4.79 Å². The normalized spacial score (nSPS) is 11.8. The van der Waals surface area contributed by atoms with E-state index in [9.17, 15) is 4.79 Å². The third-order valence-electron chi connectivity index (χ3n) is 2.57. The molecule has 0 radical (unpaired) electrons. The van der Waals surface area contributed by atoms with Gasteiger partial charge in [-0.2, -0.15) is 5.26 Å². The van der Waals surface area contributed by atoms with Gasteiger partial charge in [0.15, 0.2) is 6.10 Å². The zero-order valence-corrected chi connectivity index (χ0v) is 11.3. The third-order valence-corrected chi connectivity index (χ3v) is 3.53. The number of benzene rings is 2. The first kappa shape index (κ1) is 13.4. The van der Waals surface area contributed by atoms with Crippen LogP contribution in [0.3, 0.4) is 0 Å². The van der Waals surface area contributed by atoms with Crippen molar-refractivity contribution in [2.75, 3.05) is 5.75 Å². The van der Waals surface area contributed by atoms with Crippen LogP contribution < -0.4 is 0 Å². The summed E-state index contributed by atoms with van der Waals surface area (Å²) in [7, 11) is 0. The summed E-state index contributed by atoms with van der Waals surface area (Å²) in [6.45, 7) is 1.55. The van der Waals surface area contributed by atoms with Gasteiger partial charge in [-0.15, -0.1) is 11.8 Å². The number of carbonyl (C=O) groups is 1. The molecule has 0 aliphatic heterocycles. The Morgan fingerprint density at radius 3 is 2.79 bits per heavy atom. The Balaban J connectivity index is 1.98. The molecule has 0 amide bonds. The molecular formula is C15H13NO2S. The highest BCUT2D eigenvalue weighted by atomic mass is 32.2. The summed E-state index contributed by atoms with van der Waals surface area (Å²) in [6, 6.07) is 16.0. The molecule has 2 aromatic rings. The van der Waals surface area contributed by atoms with Crippen molar-refractivity contribution in [3.63, 3.8) is 0 Å². The van der Waals surface area contributed by atoms with E-state index in [1.54, 1.807) is 6.92 Å². The number of carbonyl (C=O) groups excluding carboxylic acids is 1. The predicted octanol–water partition coefficient (Wildman–Crippen LogP) is 3.39. The van der Waals surface area contributed by atoms with Gasteiger partial charge in [0.25, 0.3) is 0 Å². The van der Waals surface area contributed by atoms with Crippen molar-refractivity contribution in [1.82, 2.24) is 0 Å². The number of esters is 1. The van der Waals surface area contributed by atoms with Crippen LogP contribution in [-0.2, 0) is 9.53 Å². The SMILES string of the molecule is C[C@H](C#N)OC(=O)CSc1ccc2ccccc2c1. The molecule has 2 aromatic carbocycles. The molecule has 0 aliphatic rings. The van der Waals surface area contributed by atoms with E-state index >= 15 is 0 Å². The molecule has 96 valence electrons. The zero-order chi connectivity index (χ0) is 13.7. The van der Waals surface area contributed by atoms with Gasteiger partial charge in [0, 0.05) is 4.90 Å². The molecular weight excluding hydrogens is 258 g/mol. The number of rotatable bonds is 4. The number of ether oxygens (including phenoxy) is 1. The average molecular weight is 271 g/mol. The maximum absolute atomic E-state index is 11.5. The molecule has 2 rings (SSSR count). The summed E-state index contributed by atoms with van der Waals surface area (Å²) in [6.07, 6.45) is -0.690. The van der Waals surface area contributed by atoms with E-state index in [2.05, 4.69) is 0 Å². The van der Waals surface area contributed by atoms with Gasteiger partial charge < -0.3 is 4.74 Å². The van der Waals surface area contributed by atoms with Crippen LogP contribution in [0.5, 0.6) is 0 Å². The summed E-state index contributed by atoms with van der Waals surface area (Å²) in [5, 5.41) is 10.9. The first-order valence-electron chi connectivity index (χ1n) is 5.90. The molecule has 3 nitrogen and oxygen atoms in total. The highest BCUT2D eigenvalue weighted by molar-refractivity contribution is 8.00. The number of hydrogen-bond donors (Lipinski definition) is 0. The lowest BCUT2D eigenvalue weighted by Gasteiger charge is -2.06. The van der Waals surface area contributed by atoms with Crippen molar-refractivity contribution in [2.45, 2.75) is 17.9 Å². The lowest BCUT2D eigenvalue weighted by Crippen LogP contribution is -2.14. The molecule has 0 saturated carbocycles. The fourth-order valence-corrected chi connectivity index (χ4v) is 2.38. The number of hydrogen-bond acceptors (Lipinski definition) is 4. The largest absolute Gasteiger partial charge is 0.447 e. The van der Waals surface area contributed by atoms with E-state index in [1.807, 2.05) is 48.5 Å². The van der Waals surface area contributed by atoms with Crippen molar-refractivity contribution in [3.8, 4) is 6.07 Å². The standard InChI is InChI=1S/C15H13NO2S/c1-11(9-16)18-15(17)10-19-14-7-6-12-4-2-3-5-13(12)8-14/h2-8,11H,10H2,1H3/t11-/m1/s1. The average Bonchev–Trinajstić information content (AvgIpc) is 2.44. The van der Waals surface area contributed by atoms with Crippen LogP contribution in [0.25, 0.3) is 10.8 Å². The highest BCUT2D eigenvalue weighted by Gasteiger charge is 2.08. The van der Waals surface area contributed by atoms with Crippen molar-refractivity contribution >= 4 is 28.5 Å². The maximum Gasteiger partial charge on any atom is 0.317 e. The fourth-order valence-electron chi connectivity index (χ4n) is 1.66. The fraction of sp³-hybridized carbons (Fsp3) is 0.200. The summed E-state index contributed by atoms with van der Waals surface area (Å²) in [5.41, 5.74) is 0. The smallest absolute Gasteiger partial charge is 0.317 e. The molecule has 0 spiro atoms. The van der Waals surface area contributed by atoms with Crippen LogP contribution in [0.15, 0.2) is 47.4 Å². The Morgan fingerprint density at radius 1 is 1.32 bits per heavy atom. The summed E-state index contributed by atoms with van der Waals surface area (Å²) in [5.74, 6) is -0.156. The lowest BCUT2D eigenvalue weighted by atomic mass is 10.1. The van der Waals surface area contributed by atoms with Crippen LogP contribution in [0, 0.1) is 11.3 Å². The van der Waals surface area contributed by atoms with Gasteiger partial charge in [-0.1, -0.05) is 30.3 Å². The zero-order valence-electron chi connectivity index (χ0n) is 10.5. The summed E-state index contributed by atoms with van der Waals surface area (Å²) >= 11 is 1.41. The second-order valence-electron chi connectivity index (χ2n) is 4.06. The predicted molar refractivity (Wildman–Crippen MR) is 75.8 cm³/mol. The van der Waals surface area contributed by atoms with Crippen LogP contribution in [-0.4, -0.2) is 17.8 Å². The maximum atomic E-state index is 11.5. The second kappa shape index (κ2) is 6.26.